The van der Waals surface area contributed by atoms with Crippen LogP contribution in [0.25, 0.3) is 0 Å². The minimum absolute atomic E-state index is 0.606. The van der Waals surface area contributed by atoms with Gasteiger partial charge in [-0.15, -0.1) is 0 Å². The van der Waals surface area contributed by atoms with Crippen LogP contribution < -0.4 is 0 Å². The summed E-state index contributed by atoms with van der Waals surface area (Å²) in [4.78, 5) is 0. The standard InChI is InChI=1S/C18H24O3/c1-4-18(20-11-12-21-18)16-8-6-5-7-15(16)17(19)10-9-13(2)14(17)3/h5-8,19H,4,9-12H2,1-3H3. The van der Waals surface area contributed by atoms with E-state index < -0.39 is 11.4 Å². The largest absolute Gasteiger partial charge is 0.381 e. The first kappa shape index (κ1) is 14.8. The fourth-order valence-corrected chi connectivity index (χ4v) is 3.61. The van der Waals surface area contributed by atoms with Gasteiger partial charge in [-0.25, -0.2) is 0 Å². The maximum Gasteiger partial charge on any atom is 0.195 e. The minimum atomic E-state index is -0.891. The average Bonchev–Trinajstić information content (AvgIpc) is 3.10. The van der Waals surface area contributed by atoms with Crippen LogP contribution in [0, 0.1) is 0 Å². The van der Waals surface area contributed by atoms with Gasteiger partial charge in [-0.05, 0) is 37.8 Å². The van der Waals surface area contributed by atoms with E-state index in [4.69, 9.17) is 9.47 Å². The molecule has 1 N–H and O–H groups in total. The lowest BCUT2D eigenvalue weighted by Crippen LogP contribution is -2.33. The second-order valence-electron chi connectivity index (χ2n) is 6.11. The Labute approximate surface area is 126 Å². The Morgan fingerprint density at radius 3 is 2.24 bits per heavy atom. The molecule has 3 rings (SSSR count). The summed E-state index contributed by atoms with van der Waals surface area (Å²) >= 11 is 0. The third-order valence-electron chi connectivity index (χ3n) is 5.12. The van der Waals surface area contributed by atoms with Crippen LogP contribution in [0.4, 0.5) is 0 Å². The Bertz CT molecular complexity index is 570. The summed E-state index contributed by atoms with van der Waals surface area (Å²) in [5, 5.41) is 11.3. The predicted octanol–water partition coefficient (Wildman–Crippen LogP) is 3.61. The first-order chi connectivity index (χ1) is 10.0. The van der Waals surface area contributed by atoms with Crippen LogP contribution in [0.5, 0.6) is 0 Å². The quantitative estimate of drug-likeness (QED) is 0.863. The van der Waals surface area contributed by atoms with E-state index in [9.17, 15) is 5.11 Å². The zero-order chi connectivity index (χ0) is 15.1. The summed E-state index contributed by atoms with van der Waals surface area (Å²) in [6, 6.07) is 8.02. The Morgan fingerprint density at radius 2 is 1.71 bits per heavy atom. The van der Waals surface area contributed by atoms with Gasteiger partial charge < -0.3 is 14.6 Å². The van der Waals surface area contributed by atoms with Gasteiger partial charge in [-0.1, -0.05) is 36.8 Å². The lowest BCUT2D eigenvalue weighted by atomic mass is 9.82. The fourth-order valence-electron chi connectivity index (χ4n) is 3.61. The fraction of sp³-hybridized carbons (Fsp3) is 0.556. The highest BCUT2D eigenvalue weighted by atomic mass is 16.7. The van der Waals surface area contributed by atoms with Crippen molar-refractivity contribution in [2.45, 2.75) is 51.4 Å². The van der Waals surface area contributed by atoms with Crippen molar-refractivity contribution in [1.82, 2.24) is 0 Å². The van der Waals surface area contributed by atoms with E-state index in [1.54, 1.807) is 0 Å². The SMILES string of the molecule is CCC1(c2ccccc2C2(O)CCC(C)=C2C)OCCO1. The van der Waals surface area contributed by atoms with Gasteiger partial charge in [0.2, 0.25) is 0 Å². The van der Waals surface area contributed by atoms with Gasteiger partial charge in [0.05, 0.1) is 13.2 Å². The second-order valence-corrected chi connectivity index (χ2v) is 6.11. The van der Waals surface area contributed by atoms with Crippen molar-refractivity contribution >= 4 is 0 Å². The Hall–Kier alpha value is -1.16. The van der Waals surface area contributed by atoms with Gasteiger partial charge in [0.15, 0.2) is 5.79 Å². The van der Waals surface area contributed by atoms with Crippen LogP contribution in [0.1, 0.15) is 51.2 Å². The number of rotatable bonds is 3. The molecule has 1 saturated heterocycles. The van der Waals surface area contributed by atoms with Crippen LogP contribution in [-0.4, -0.2) is 18.3 Å². The molecule has 3 heteroatoms. The molecule has 1 aromatic rings. The molecule has 0 saturated carbocycles. The zero-order valence-electron chi connectivity index (χ0n) is 13.1. The molecule has 0 bridgehead atoms. The molecule has 0 aromatic heterocycles. The van der Waals surface area contributed by atoms with Crippen LogP contribution in [-0.2, 0) is 20.9 Å². The number of aliphatic hydroxyl groups is 1. The molecule has 1 fully saturated rings. The van der Waals surface area contributed by atoms with Crippen molar-refractivity contribution in [3.63, 3.8) is 0 Å². The number of hydrogen-bond donors (Lipinski definition) is 1. The molecule has 0 spiro atoms. The van der Waals surface area contributed by atoms with E-state index in [1.165, 1.54) is 5.57 Å². The third-order valence-corrected chi connectivity index (χ3v) is 5.12. The van der Waals surface area contributed by atoms with Crippen molar-refractivity contribution in [2.24, 2.45) is 0 Å². The first-order valence-electron chi connectivity index (χ1n) is 7.80. The van der Waals surface area contributed by atoms with Gasteiger partial charge >= 0.3 is 0 Å². The molecule has 3 nitrogen and oxygen atoms in total. The van der Waals surface area contributed by atoms with Gasteiger partial charge in [-0.2, -0.15) is 0 Å². The Kier molecular flexibility index (Phi) is 3.68. The molecule has 0 amide bonds. The van der Waals surface area contributed by atoms with E-state index in [-0.39, 0.29) is 0 Å². The highest BCUT2D eigenvalue weighted by Crippen LogP contribution is 2.47. The molecule has 1 atom stereocenters. The van der Waals surface area contributed by atoms with Crippen molar-refractivity contribution in [2.75, 3.05) is 13.2 Å². The number of benzene rings is 1. The van der Waals surface area contributed by atoms with Crippen molar-refractivity contribution < 1.29 is 14.6 Å². The van der Waals surface area contributed by atoms with Gasteiger partial charge in [0.1, 0.15) is 5.60 Å². The van der Waals surface area contributed by atoms with Crippen molar-refractivity contribution in [1.29, 1.82) is 0 Å². The summed E-state index contributed by atoms with van der Waals surface area (Å²) in [5.41, 5.74) is 3.37. The van der Waals surface area contributed by atoms with Crippen LogP contribution in [0.2, 0.25) is 0 Å². The normalized spacial score (nSPS) is 28.4. The molecule has 1 unspecified atom stereocenters. The zero-order valence-corrected chi connectivity index (χ0v) is 13.1. The molecule has 2 aliphatic rings. The molecule has 0 radical (unpaired) electrons. The molecule has 1 aromatic carbocycles. The van der Waals surface area contributed by atoms with E-state index in [0.717, 1.165) is 36.0 Å². The molecular formula is C18H24O3. The smallest absolute Gasteiger partial charge is 0.195 e. The molecule has 114 valence electrons. The lowest BCUT2D eigenvalue weighted by Gasteiger charge is -2.34. The van der Waals surface area contributed by atoms with Crippen LogP contribution in [0.3, 0.4) is 0 Å². The van der Waals surface area contributed by atoms with E-state index in [1.807, 2.05) is 31.2 Å². The number of ether oxygens (including phenoxy) is 2. The highest BCUT2D eigenvalue weighted by Gasteiger charge is 2.45. The van der Waals surface area contributed by atoms with Gasteiger partial charge in [-0.3, -0.25) is 0 Å². The van der Waals surface area contributed by atoms with Crippen LogP contribution in [0.15, 0.2) is 35.4 Å². The third kappa shape index (κ3) is 2.15. The van der Waals surface area contributed by atoms with Crippen molar-refractivity contribution in [3.05, 3.63) is 46.5 Å². The minimum Gasteiger partial charge on any atom is -0.381 e. The van der Waals surface area contributed by atoms with Crippen molar-refractivity contribution in [3.8, 4) is 0 Å². The molecule has 1 heterocycles. The first-order valence-corrected chi connectivity index (χ1v) is 7.80. The molecular weight excluding hydrogens is 264 g/mol. The lowest BCUT2D eigenvalue weighted by molar-refractivity contribution is -0.169. The van der Waals surface area contributed by atoms with E-state index in [0.29, 0.717) is 13.2 Å². The summed E-state index contributed by atoms with van der Waals surface area (Å²) < 4.78 is 11.9. The van der Waals surface area contributed by atoms with Gasteiger partial charge in [0.25, 0.3) is 0 Å². The summed E-state index contributed by atoms with van der Waals surface area (Å²) in [7, 11) is 0. The Balaban J connectivity index is 2.13. The number of hydrogen-bond acceptors (Lipinski definition) is 3. The topological polar surface area (TPSA) is 38.7 Å². The number of allylic oxidation sites excluding steroid dienone is 1. The van der Waals surface area contributed by atoms with E-state index >= 15 is 0 Å². The highest BCUT2D eigenvalue weighted by molar-refractivity contribution is 5.44. The van der Waals surface area contributed by atoms with Gasteiger partial charge in [0, 0.05) is 12.0 Å². The molecule has 1 aliphatic carbocycles. The maximum absolute atomic E-state index is 11.3. The van der Waals surface area contributed by atoms with E-state index in [2.05, 4.69) is 13.8 Å². The summed E-state index contributed by atoms with van der Waals surface area (Å²) in [6.45, 7) is 7.42. The summed E-state index contributed by atoms with van der Waals surface area (Å²) in [6.07, 6.45) is 2.42. The molecule has 21 heavy (non-hydrogen) atoms. The Morgan fingerprint density at radius 1 is 1.10 bits per heavy atom. The maximum atomic E-state index is 11.3. The summed E-state index contributed by atoms with van der Waals surface area (Å²) in [5.74, 6) is -0.705. The second kappa shape index (κ2) is 5.24. The van der Waals surface area contributed by atoms with Crippen LogP contribution >= 0.6 is 0 Å². The average molecular weight is 288 g/mol. The molecule has 1 aliphatic heterocycles. The predicted molar refractivity (Wildman–Crippen MR) is 81.8 cm³/mol. The monoisotopic (exact) mass is 288 g/mol.